The van der Waals surface area contributed by atoms with Gasteiger partial charge in [0.25, 0.3) is 0 Å². The van der Waals surface area contributed by atoms with Gasteiger partial charge in [0.2, 0.25) is 0 Å². The number of hydrogen-bond donors (Lipinski definition) is 1. The Labute approximate surface area is 120 Å². The first-order chi connectivity index (χ1) is 8.65. The molecule has 2 heterocycles. The molecule has 0 spiro atoms. The SMILES string of the molecule is O=C(O)CSc1nncn1CCc1ccc(Br)s1. The number of aliphatic carboxylic acids is 1. The van der Waals surface area contributed by atoms with Crippen molar-refractivity contribution in [3.8, 4) is 0 Å². The molecule has 18 heavy (non-hydrogen) atoms. The van der Waals surface area contributed by atoms with Gasteiger partial charge in [0.15, 0.2) is 5.16 Å². The summed E-state index contributed by atoms with van der Waals surface area (Å²) in [4.78, 5) is 11.8. The van der Waals surface area contributed by atoms with Gasteiger partial charge in [0.05, 0.1) is 9.54 Å². The highest BCUT2D eigenvalue weighted by molar-refractivity contribution is 9.11. The molecule has 0 bridgehead atoms. The van der Waals surface area contributed by atoms with Crippen LogP contribution in [0.15, 0.2) is 27.4 Å². The molecule has 0 unspecified atom stereocenters. The summed E-state index contributed by atoms with van der Waals surface area (Å²) in [6, 6.07) is 4.09. The van der Waals surface area contributed by atoms with E-state index in [-0.39, 0.29) is 5.75 Å². The minimum Gasteiger partial charge on any atom is -0.481 e. The minimum absolute atomic E-state index is 0.00322. The fourth-order valence-corrected chi connectivity index (χ4v) is 3.49. The standard InChI is InChI=1S/C10H10BrN3O2S2/c11-8-2-1-7(18-8)3-4-14-6-12-13-10(14)17-5-9(15)16/h1-2,6H,3-5H2,(H,15,16). The molecule has 2 rings (SSSR count). The fourth-order valence-electron chi connectivity index (χ4n) is 1.35. The normalized spacial score (nSPS) is 10.7. The summed E-state index contributed by atoms with van der Waals surface area (Å²) in [5, 5.41) is 17.0. The summed E-state index contributed by atoms with van der Waals surface area (Å²) < 4.78 is 2.99. The lowest BCUT2D eigenvalue weighted by atomic mass is 10.3. The van der Waals surface area contributed by atoms with Crippen molar-refractivity contribution in [3.63, 3.8) is 0 Å². The highest BCUT2D eigenvalue weighted by atomic mass is 79.9. The molecule has 0 aliphatic carbocycles. The van der Waals surface area contributed by atoms with Crippen molar-refractivity contribution >= 4 is 45.0 Å². The van der Waals surface area contributed by atoms with Crippen LogP contribution in [-0.2, 0) is 17.8 Å². The average molecular weight is 348 g/mol. The quantitative estimate of drug-likeness (QED) is 0.813. The number of aryl methyl sites for hydroxylation is 2. The number of hydrogen-bond acceptors (Lipinski definition) is 5. The molecule has 0 saturated carbocycles. The second-order valence-electron chi connectivity index (χ2n) is 3.45. The zero-order chi connectivity index (χ0) is 13.0. The molecule has 0 amide bonds. The molecule has 0 radical (unpaired) electrons. The van der Waals surface area contributed by atoms with Crippen molar-refractivity contribution in [2.24, 2.45) is 0 Å². The van der Waals surface area contributed by atoms with Crippen molar-refractivity contribution in [2.45, 2.75) is 18.1 Å². The van der Waals surface area contributed by atoms with E-state index in [0.29, 0.717) is 5.16 Å². The van der Waals surface area contributed by atoms with E-state index in [0.717, 1.165) is 16.8 Å². The highest BCUT2D eigenvalue weighted by Crippen LogP contribution is 2.23. The topological polar surface area (TPSA) is 68.0 Å². The Morgan fingerprint density at radius 1 is 1.56 bits per heavy atom. The minimum atomic E-state index is -0.850. The van der Waals surface area contributed by atoms with Gasteiger partial charge in [0, 0.05) is 11.4 Å². The van der Waals surface area contributed by atoms with Gasteiger partial charge in [-0.25, -0.2) is 0 Å². The third-order valence-electron chi connectivity index (χ3n) is 2.13. The zero-order valence-corrected chi connectivity index (χ0v) is 12.5. The summed E-state index contributed by atoms with van der Waals surface area (Å²) in [7, 11) is 0. The number of rotatable bonds is 6. The van der Waals surface area contributed by atoms with E-state index in [2.05, 4.69) is 32.2 Å². The second-order valence-corrected chi connectivity index (χ2v) is 6.94. The van der Waals surface area contributed by atoms with E-state index < -0.39 is 5.97 Å². The number of aromatic nitrogens is 3. The largest absolute Gasteiger partial charge is 0.481 e. The Kier molecular flexibility index (Phi) is 4.79. The molecule has 0 fully saturated rings. The van der Waals surface area contributed by atoms with Gasteiger partial charge in [-0.15, -0.1) is 21.5 Å². The number of carboxylic acid groups (broad SMARTS) is 1. The molecule has 0 aliphatic rings. The Morgan fingerprint density at radius 2 is 2.39 bits per heavy atom. The number of carbonyl (C=O) groups is 1. The van der Waals surface area contributed by atoms with Crippen molar-refractivity contribution in [1.82, 2.24) is 14.8 Å². The molecule has 96 valence electrons. The van der Waals surface area contributed by atoms with Crippen LogP contribution in [0, 0.1) is 0 Å². The summed E-state index contributed by atoms with van der Waals surface area (Å²) in [5.74, 6) is -0.847. The molecule has 5 nitrogen and oxygen atoms in total. The van der Waals surface area contributed by atoms with Gasteiger partial charge >= 0.3 is 5.97 Å². The van der Waals surface area contributed by atoms with Crippen LogP contribution in [-0.4, -0.2) is 31.6 Å². The fraction of sp³-hybridized carbons (Fsp3) is 0.300. The van der Waals surface area contributed by atoms with Gasteiger partial charge in [-0.1, -0.05) is 11.8 Å². The maximum atomic E-state index is 10.5. The van der Waals surface area contributed by atoms with E-state index in [1.54, 1.807) is 17.7 Å². The van der Waals surface area contributed by atoms with E-state index in [4.69, 9.17) is 5.11 Å². The smallest absolute Gasteiger partial charge is 0.313 e. The lowest BCUT2D eigenvalue weighted by Gasteiger charge is -2.03. The summed E-state index contributed by atoms with van der Waals surface area (Å²) >= 11 is 6.31. The number of nitrogens with zero attached hydrogens (tertiary/aromatic N) is 3. The van der Waals surface area contributed by atoms with Crippen molar-refractivity contribution in [1.29, 1.82) is 0 Å². The van der Waals surface area contributed by atoms with Gasteiger partial charge < -0.3 is 9.67 Å². The summed E-state index contributed by atoms with van der Waals surface area (Å²) in [6.45, 7) is 0.752. The van der Waals surface area contributed by atoms with Crippen molar-refractivity contribution in [3.05, 3.63) is 27.1 Å². The Hall–Kier alpha value is -0.860. The molecule has 2 aromatic heterocycles. The average Bonchev–Trinajstić information content (AvgIpc) is 2.92. The first-order valence-electron chi connectivity index (χ1n) is 5.12. The van der Waals surface area contributed by atoms with Crippen LogP contribution in [0.4, 0.5) is 0 Å². The van der Waals surface area contributed by atoms with Crippen LogP contribution >= 0.6 is 39.0 Å². The molecule has 0 saturated heterocycles. The van der Waals surface area contributed by atoms with Crippen LogP contribution in [0.25, 0.3) is 0 Å². The van der Waals surface area contributed by atoms with E-state index in [1.807, 2.05) is 10.6 Å². The maximum absolute atomic E-state index is 10.5. The molecule has 0 aliphatic heterocycles. The molecule has 8 heteroatoms. The van der Waals surface area contributed by atoms with E-state index >= 15 is 0 Å². The second kappa shape index (κ2) is 6.35. The van der Waals surface area contributed by atoms with E-state index in [9.17, 15) is 4.79 Å². The predicted molar refractivity (Wildman–Crippen MR) is 74.1 cm³/mol. The number of thiophene rings is 1. The van der Waals surface area contributed by atoms with Crippen LogP contribution < -0.4 is 0 Å². The zero-order valence-electron chi connectivity index (χ0n) is 9.24. The van der Waals surface area contributed by atoms with E-state index in [1.165, 1.54) is 16.6 Å². The molecule has 0 aromatic carbocycles. The monoisotopic (exact) mass is 347 g/mol. The lowest BCUT2D eigenvalue weighted by Crippen LogP contribution is -2.04. The maximum Gasteiger partial charge on any atom is 0.313 e. The Morgan fingerprint density at radius 3 is 3.06 bits per heavy atom. The first-order valence-corrected chi connectivity index (χ1v) is 7.71. The van der Waals surface area contributed by atoms with Gasteiger partial charge in [-0.2, -0.15) is 0 Å². The first kappa shape index (κ1) is 13.6. The number of thioether (sulfide) groups is 1. The number of carboxylic acids is 1. The summed E-state index contributed by atoms with van der Waals surface area (Å²) in [5.41, 5.74) is 0. The van der Waals surface area contributed by atoms with Crippen LogP contribution in [0.5, 0.6) is 0 Å². The summed E-state index contributed by atoms with van der Waals surface area (Å²) in [6.07, 6.45) is 2.52. The third kappa shape index (κ3) is 3.82. The number of halogens is 1. The Bertz CT molecular complexity index is 541. The van der Waals surface area contributed by atoms with Crippen LogP contribution in [0.2, 0.25) is 0 Å². The highest BCUT2D eigenvalue weighted by Gasteiger charge is 2.08. The van der Waals surface area contributed by atoms with Crippen molar-refractivity contribution < 1.29 is 9.90 Å². The van der Waals surface area contributed by atoms with Crippen LogP contribution in [0.1, 0.15) is 4.88 Å². The lowest BCUT2D eigenvalue weighted by molar-refractivity contribution is -0.133. The molecule has 0 atom stereocenters. The van der Waals surface area contributed by atoms with Crippen molar-refractivity contribution in [2.75, 3.05) is 5.75 Å². The molecule has 1 N–H and O–H groups in total. The molecule has 2 aromatic rings. The van der Waals surface area contributed by atoms with Crippen LogP contribution in [0.3, 0.4) is 0 Å². The van der Waals surface area contributed by atoms with Gasteiger partial charge in [-0.3, -0.25) is 4.79 Å². The molecular formula is C10H10BrN3O2S2. The Balaban J connectivity index is 1.93. The predicted octanol–water partition coefficient (Wildman–Crippen LogP) is 2.52. The third-order valence-corrected chi connectivity index (χ3v) is 4.78. The van der Waals surface area contributed by atoms with Gasteiger partial charge in [-0.05, 0) is 34.5 Å². The van der Waals surface area contributed by atoms with Gasteiger partial charge in [0.1, 0.15) is 6.33 Å². The molecular weight excluding hydrogens is 338 g/mol.